The van der Waals surface area contributed by atoms with Crippen LogP contribution >= 0.6 is 11.6 Å². The van der Waals surface area contributed by atoms with Crippen LogP contribution in [0.15, 0.2) is 54.6 Å². The van der Waals surface area contributed by atoms with Gasteiger partial charge in [0, 0.05) is 11.6 Å². The summed E-state index contributed by atoms with van der Waals surface area (Å²) in [5.74, 6) is 0. The average Bonchev–Trinajstić information content (AvgIpc) is 2.56. The van der Waals surface area contributed by atoms with E-state index in [1.165, 1.54) is 5.56 Å². The third-order valence-corrected chi connectivity index (χ3v) is 4.93. The molecule has 1 saturated carbocycles. The van der Waals surface area contributed by atoms with Gasteiger partial charge in [0.2, 0.25) is 0 Å². The normalized spacial score (nSPS) is 25.1. The fourth-order valence-corrected chi connectivity index (χ4v) is 3.53. The Morgan fingerprint density at radius 3 is 2.45 bits per heavy atom. The summed E-state index contributed by atoms with van der Waals surface area (Å²) in [6.07, 6.45) is 3.63. The molecule has 22 heavy (non-hydrogen) atoms. The second-order valence-corrected chi connectivity index (χ2v) is 6.52. The van der Waals surface area contributed by atoms with E-state index in [-0.39, 0.29) is 11.6 Å². The third-order valence-electron chi connectivity index (χ3n) is 4.68. The van der Waals surface area contributed by atoms with Crippen molar-refractivity contribution in [3.05, 3.63) is 70.7 Å². The molecule has 2 unspecified atom stereocenters. The summed E-state index contributed by atoms with van der Waals surface area (Å²) in [5.41, 5.74) is 1.98. The van der Waals surface area contributed by atoms with Gasteiger partial charge in [0.1, 0.15) is 0 Å². The first-order valence-corrected chi connectivity index (χ1v) is 8.31. The number of aliphatic hydroxyl groups is 1. The lowest BCUT2D eigenvalue weighted by molar-refractivity contribution is 0.0192. The Kier molecular flexibility index (Phi) is 4.82. The number of hydrogen-bond acceptors (Lipinski definition) is 2. The van der Waals surface area contributed by atoms with Crippen LogP contribution in [0, 0.1) is 0 Å². The zero-order valence-corrected chi connectivity index (χ0v) is 13.4. The summed E-state index contributed by atoms with van der Waals surface area (Å²) in [5, 5.41) is 15.1. The van der Waals surface area contributed by atoms with Crippen LogP contribution < -0.4 is 5.32 Å². The lowest BCUT2D eigenvalue weighted by atomic mass is 9.74. The molecule has 2 nitrogen and oxygen atoms in total. The van der Waals surface area contributed by atoms with Crippen molar-refractivity contribution in [2.24, 2.45) is 0 Å². The zero-order chi connectivity index (χ0) is 15.4. The molecule has 0 radical (unpaired) electrons. The SMILES string of the molecule is OC1CCCCC1(NCc1ccccc1)c1ccc(Cl)cc1. The summed E-state index contributed by atoms with van der Waals surface area (Å²) in [4.78, 5) is 0. The van der Waals surface area contributed by atoms with Crippen LogP contribution in [0.4, 0.5) is 0 Å². The van der Waals surface area contributed by atoms with E-state index < -0.39 is 0 Å². The maximum Gasteiger partial charge on any atom is 0.0763 e. The maximum absolute atomic E-state index is 10.7. The molecule has 1 aliphatic carbocycles. The minimum absolute atomic E-state index is 0.369. The van der Waals surface area contributed by atoms with Crippen molar-refractivity contribution in [1.82, 2.24) is 5.32 Å². The lowest BCUT2D eigenvalue weighted by Gasteiger charge is -2.43. The highest BCUT2D eigenvalue weighted by Crippen LogP contribution is 2.38. The van der Waals surface area contributed by atoms with E-state index in [0.29, 0.717) is 0 Å². The molecule has 3 rings (SSSR count). The largest absolute Gasteiger partial charge is 0.391 e. The first kappa shape index (κ1) is 15.5. The van der Waals surface area contributed by atoms with Crippen LogP contribution in [0.1, 0.15) is 36.8 Å². The Morgan fingerprint density at radius 2 is 1.77 bits per heavy atom. The Hall–Kier alpha value is -1.35. The van der Waals surface area contributed by atoms with Gasteiger partial charge in [0.05, 0.1) is 11.6 Å². The molecule has 0 heterocycles. The standard InChI is InChI=1S/C19H22ClNO/c20-17-11-9-16(10-12-17)19(13-5-4-8-18(19)22)21-14-15-6-2-1-3-7-15/h1-3,6-7,9-12,18,21-22H,4-5,8,13-14H2. The summed E-state index contributed by atoms with van der Waals surface area (Å²) < 4.78 is 0. The minimum Gasteiger partial charge on any atom is -0.391 e. The molecule has 2 atom stereocenters. The average molecular weight is 316 g/mol. The van der Waals surface area contributed by atoms with Crippen LogP contribution in [0.5, 0.6) is 0 Å². The van der Waals surface area contributed by atoms with E-state index in [1.54, 1.807) is 0 Å². The van der Waals surface area contributed by atoms with Gasteiger partial charge in [0.25, 0.3) is 0 Å². The van der Waals surface area contributed by atoms with Gasteiger partial charge >= 0.3 is 0 Å². The lowest BCUT2D eigenvalue weighted by Crippen LogP contribution is -2.53. The second-order valence-electron chi connectivity index (χ2n) is 6.08. The fourth-order valence-electron chi connectivity index (χ4n) is 3.40. The number of rotatable bonds is 4. The predicted octanol–water partition coefficient (Wildman–Crippen LogP) is 4.26. The topological polar surface area (TPSA) is 32.3 Å². The smallest absolute Gasteiger partial charge is 0.0763 e. The first-order chi connectivity index (χ1) is 10.7. The molecule has 0 aromatic heterocycles. The van der Waals surface area contributed by atoms with Crippen LogP contribution in [-0.2, 0) is 12.1 Å². The van der Waals surface area contributed by atoms with Gasteiger partial charge in [-0.25, -0.2) is 0 Å². The number of benzene rings is 2. The number of halogens is 1. The van der Waals surface area contributed by atoms with E-state index in [2.05, 4.69) is 17.4 Å². The van der Waals surface area contributed by atoms with E-state index in [4.69, 9.17) is 11.6 Å². The quantitative estimate of drug-likeness (QED) is 0.883. The van der Waals surface area contributed by atoms with Crippen molar-refractivity contribution in [2.75, 3.05) is 0 Å². The van der Waals surface area contributed by atoms with Crippen molar-refractivity contribution in [1.29, 1.82) is 0 Å². The van der Waals surface area contributed by atoms with Gasteiger partial charge in [-0.15, -0.1) is 0 Å². The molecule has 116 valence electrons. The van der Waals surface area contributed by atoms with Gasteiger partial charge in [-0.1, -0.05) is 66.9 Å². The molecule has 2 N–H and O–H groups in total. The van der Waals surface area contributed by atoms with Crippen LogP contribution in [0.3, 0.4) is 0 Å². The molecule has 1 fully saturated rings. The predicted molar refractivity (Wildman–Crippen MR) is 90.9 cm³/mol. The second kappa shape index (κ2) is 6.82. The van der Waals surface area contributed by atoms with Crippen LogP contribution in [-0.4, -0.2) is 11.2 Å². The van der Waals surface area contributed by atoms with Gasteiger partial charge in [0.15, 0.2) is 0 Å². The molecule has 1 aliphatic rings. The monoisotopic (exact) mass is 315 g/mol. The Morgan fingerprint density at radius 1 is 1.05 bits per heavy atom. The summed E-state index contributed by atoms with van der Waals surface area (Å²) in [6, 6.07) is 18.2. The van der Waals surface area contributed by atoms with Crippen molar-refractivity contribution in [3.63, 3.8) is 0 Å². The van der Waals surface area contributed by atoms with Crippen molar-refractivity contribution in [2.45, 2.75) is 43.9 Å². The Labute approximate surface area is 137 Å². The number of nitrogens with one attached hydrogen (secondary N) is 1. The minimum atomic E-state index is -0.376. The molecule has 0 saturated heterocycles. The molecule has 0 aliphatic heterocycles. The molecule has 0 spiro atoms. The first-order valence-electron chi connectivity index (χ1n) is 7.94. The van der Waals surface area contributed by atoms with Gasteiger partial charge in [-0.3, -0.25) is 0 Å². The molecule has 3 heteroatoms. The summed E-state index contributed by atoms with van der Waals surface area (Å²) in [7, 11) is 0. The number of aliphatic hydroxyl groups excluding tert-OH is 1. The van der Waals surface area contributed by atoms with Crippen molar-refractivity contribution in [3.8, 4) is 0 Å². The summed E-state index contributed by atoms with van der Waals surface area (Å²) >= 11 is 6.02. The highest BCUT2D eigenvalue weighted by Gasteiger charge is 2.40. The van der Waals surface area contributed by atoms with Gasteiger partial charge in [-0.2, -0.15) is 0 Å². The highest BCUT2D eigenvalue weighted by molar-refractivity contribution is 6.30. The molecular weight excluding hydrogens is 294 g/mol. The van der Waals surface area contributed by atoms with E-state index in [9.17, 15) is 5.11 Å². The van der Waals surface area contributed by atoms with Crippen LogP contribution in [0.25, 0.3) is 0 Å². The fraction of sp³-hybridized carbons (Fsp3) is 0.368. The van der Waals surface area contributed by atoms with E-state index in [0.717, 1.165) is 42.8 Å². The Balaban J connectivity index is 1.87. The van der Waals surface area contributed by atoms with Crippen molar-refractivity contribution >= 4 is 11.6 Å². The van der Waals surface area contributed by atoms with Gasteiger partial charge < -0.3 is 10.4 Å². The molecule has 0 bridgehead atoms. The highest BCUT2D eigenvalue weighted by atomic mass is 35.5. The number of hydrogen-bond donors (Lipinski definition) is 2. The molecular formula is C19H22ClNO. The zero-order valence-electron chi connectivity index (χ0n) is 12.6. The van der Waals surface area contributed by atoms with E-state index in [1.807, 2.05) is 42.5 Å². The molecule has 2 aromatic carbocycles. The Bertz CT molecular complexity index is 599. The van der Waals surface area contributed by atoms with E-state index >= 15 is 0 Å². The molecule has 2 aromatic rings. The van der Waals surface area contributed by atoms with Gasteiger partial charge in [-0.05, 0) is 36.1 Å². The van der Waals surface area contributed by atoms with Crippen molar-refractivity contribution < 1.29 is 5.11 Å². The maximum atomic E-state index is 10.7. The summed E-state index contributed by atoms with van der Waals surface area (Å²) in [6.45, 7) is 0.751. The van der Waals surface area contributed by atoms with Crippen LogP contribution in [0.2, 0.25) is 5.02 Å². The molecule has 0 amide bonds. The third kappa shape index (κ3) is 3.19.